The van der Waals surface area contributed by atoms with Crippen molar-refractivity contribution in [1.82, 2.24) is 10.2 Å². The SMILES string of the molecule is CC(=O)Nc1ccc(NC(=O)c2ccc(Nc3ccc(C)cc3)nn2)cc1. The van der Waals surface area contributed by atoms with Gasteiger partial charge in [-0.05, 0) is 55.5 Å². The molecule has 0 spiro atoms. The number of nitrogens with one attached hydrogen (secondary N) is 3. The van der Waals surface area contributed by atoms with Gasteiger partial charge in [0.2, 0.25) is 5.91 Å². The molecule has 3 aromatic rings. The molecular weight excluding hydrogens is 342 g/mol. The Hall–Kier alpha value is -3.74. The summed E-state index contributed by atoms with van der Waals surface area (Å²) in [7, 11) is 0. The summed E-state index contributed by atoms with van der Waals surface area (Å²) in [5.74, 6) is 0.0353. The smallest absolute Gasteiger partial charge is 0.276 e. The van der Waals surface area contributed by atoms with Crippen LogP contribution < -0.4 is 16.0 Å². The Bertz CT molecular complexity index is 936. The van der Waals surface area contributed by atoms with Gasteiger partial charge in [-0.15, -0.1) is 10.2 Å². The standard InChI is InChI=1S/C20H19N5O2/c1-13-3-5-16(6-4-13)22-19-12-11-18(24-25-19)20(27)23-17-9-7-15(8-10-17)21-14(2)26/h3-12H,1-2H3,(H,21,26)(H,22,25)(H,23,27). The van der Waals surface area contributed by atoms with E-state index in [4.69, 9.17) is 0 Å². The number of amides is 2. The first-order valence-corrected chi connectivity index (χ1v) is 8.36. The zero-order valence-electron chi connectivity index (χ0n) is 15.0. The van der Waals surface area contributed by atoms with Crippen LogP contribution in [0.1, 0.15) is 23.0 Å². The first-order chi connectivity index (χ1) is 13.0. The van der Waals surface area contributed by atoms with Gasteiger partial charge in [0.25, 0.3) is 5.91 Å². The van der Waals surface area contributed by atoms with E-state index < -0.39 is 0 Å². The van der Waals surface area contributed by atoms with Crippen molar-refractivity contribution >= 4 is 34.7 Å². The Morgan fingerprint density at radius 2 is 1.33 bits per heavy atom. The Morgan fingerprint density at radius 3 is 1.89 bits per heavy atom. The molecule has 2 amide bonds. The van der Waals surface area contributed by atoms with Crippen LogP contribution in [0, 0.1) is 6.92 Å². The fourth-order valence-electron chi connectivity index (χ4n) is 2.34. The normalized spacial score (nSPS) is 10.1. The Kier molecular flexibility index (Phi) is 5.41. The number of aromatic nitrogens is 2. The van der Waals surface area contributed by atoms with Crippen molar-refractivity contribution in [3.8, 4) is 0 Å². The summed E-state index contributed by atoms with van der Waals surface area (Å²) < 4.78 is 0. The average Bonchev–Trinajstić information content (AvgIpc) is 2.65. The molecule has 0 saturated carbocycles. The summed E-state index contributed by atoms with van der Waals surface area (Å²) >= 11 is 0. The summed E-state index contributed by atoms with van der Waals surface area (Å²) in [6, 6.07) is 18.0. The molecule has 0 atom stereocenters. The van der Waals surface area contributed by atoms with Crippen LogP contribution in [-0.4, -0.2) is 22.0 Å². The molecule has 136 valence electrons. The number of hydrogen-bond acceptors (Lipinski definition) is 5. The minimum Gasteiger partial charge on any atom is -0.339 e. The number of nitrogens with zero attached hydrogens (tertiary/aromatic N) is 2. The van der Waals surface area contributed by atoms with Crippen LogP contribution in [0.4, 0.5) is 22.9 Å². The predicted octanol–water partition coefficient (Wildman–Crippen LogP) is 3.74. The molecule has 0 radical (unpaired) electrons. The van der Waals surface area contributed by atoms with E-state index in [-0.39, 0.29) is 17.5 Å². The van der Waals surface area contributed by atoms with E-state index in [9.17, 15) is 9.59 Å². The Morgan fingerprint density at radius 1 is 0.741 bits per heavy atom. The third-order valence-corrected chi connectivity index (χ3v) is 3.68. The minimum absolute atomic E-state index is 0.151. The summed E-state index contributed by atoms with van der Waals surface area (Å²) in [6.07, 6.45) is 0. The van der Waals surface area contributed by atoms with Gasteiger partial charge < -0.3 is 16.0 Å². The second kappa shape index (κ2) is 8.09. The summed E-state index contributed by atoms with van der Waals surface area (Å²) in [4.78, 5) is 23.3. The summed E-state index contributed by atoms with van der Waals surface area (Å²) in [5.41, 5.74) is 3.52. The molecule has 1 heterocycles. The zero-order chi connectivity index (χ0) is 19.2. The number of carbonyl (C=O) groups excluding carboxylic acids is 2. The Labute approximate surface area is 156 Å². The van der Waals surface area contributed by atoms with Crippen LogP contribution in [0.15, 0.2) is 60.7 Å². The van der Waals surface area contributed by atoms with Crippen molar-refractivity contribution in [3.63, 3.8) is 0 Å². The second-order valence-corrected chi connectivity index (χ2v) is 6.01. The monoisotopic (exact) mass is 361 g/mol. The van der Waals surface area contributed by atoms with Gasteiger partial charge in [-0.2, -0.15) is 0 Å². The lowest BCUT2D eigenvalue weighted by molar-refractivity contribution is -0.114. The van der Waals surface area contributed by atoms with Crippen LogP contribution in [0.3, 0.4) is 0 Å². The molecule has 0 aliphatic heterocycles. The quantitative estimate of drug-likeness (QED) is 0.643. The van der Waals surface area contributed by atoms with Crippen LogP contribution in [-0.2, 0) is 4.79 Å². The second-order valence-electron chi connectivity index (χ2n) is 6.01. The molecule has 0 bridgehead atoms. The van der Waals surface area contributed by atoms with E-state index in [1.165, 1.54) is 12.5 Å². The van der Waals surface area contributed by atoms with E-state index in [1.807, 2.05) is 31.2 Å². The maximum Gasteiger partial charge on any atom is 0.276 e. The summed E-state index contributed by atoms with van der Waals surface area (Å²) in [6.45, 7) is 3.45. The first kappa shape index (κ1) is 18.1. The van der Waals surface area contributed by atoms with Crippen LogP contribution in [0.5, 0.6) is 0 Å². The van der Waals surface area contributed by atoms with Gasteiger partial charge in [-0.25, -0.2) is 0 Å². The van der Waals surface area contributed by atoms with Gasteiger partial charge in [0.05, 0.1) is 0 Å². The highest BCUT2D eigenvalue weighted by atomic mass is 16.2. The minimum atomic E-state index is -0.364. The molecule has 3 rings (SSSR count). The van der Waals surface area contributed by atoms with Gasteiger partial charge in [-0.3, -0.25) is 9.59 Å². The number of rotatable bonds is 5. The maximum atomic E-state index is 12.3. The lowest BCUT2D eigenvalue weighted by atomic mass is 10.2. The highest BCUT2D eigenvalue weighted by Crippen LogP contribution is 2.16. The van der Waals surface area contributed by atoms with E-state index in [2.05, 4.69) is 26.1 Å². The summed E-state index contributed by atoms with van der Waals surface area (Å²) in [5, 5.41) is 16.5. The third kappa shape index (κ3) is 5.12. The van der Waals surface area contributed by atoms with Crippen molar-refractivity contribution in [2.24, 2.45) is 0 Å². The number of hydrogen-bond donors (Lipinski definition) is 3. The van der Waals surface area contributed by atoms with Crippen LogP contribution >= 0.6 is 0 Å². The fraction of sp³-hybridized carbons (Fsp3) is 0.100. The maximum absolute atomic E-state index is 12.3. The Balaban J connectivity index is 1.61. The number of aryl methyl sites for hydroxylation is 1. The van der Waals surface area contributed by atoms with E-state index in [1.54, 1.807) is 36.4 Å². The molecule has 0 unspecified atom stereocenters. The number of anilines is 4. The molecular formula is C20H19N5O2. The number of benzene rings is 2. The first-order valence-electron chi connectivity index (χ1n) is 8.36. The largest absolute Gasteiger partial charge is 0.339 e. The van der Waals surface area contributed by atoms with Crippen molar-refractivity contribution in [2.75, 3.05) is 16.0 Å². The van der Waals surface area contributed by atoms with E-state index >= 15 is 0 Å². The van der Waals surface area contributed by atoms with E-state index in [0.29, 0.717) is 17.2 Å². The predicted molar refractivity (Wildman–Crippen MR) is 105 cm³/mol. The molecule has 1 aromatic heterocycles. The highest BCUT2D eigenvalue weighted by Gasteiger charge is 2.09. The lowest BCUT2D eigenvalue weighted by Crippen LogP contribution is -2.14. The van der Waals surface area contributed by atoms with Gasteiger partial charge in [0, 0.05) is 24.0 Å². The van der Waals surface area contributed by atoms with Crippen molar-refractivity contribution in [3.05, 3.63) is 71.9 Å². The molecule has 7 nitrogen and oxygen atoms in total. The molecule has 0 fully saturated rings. The average molecular weight is 361 g/mol. The lowest BCUT2D eigenvalue weighted by Gasteiger charge is -2.08. The molecule has 3 N–H and O–H groups in total. The zero-order valence-corrected chi connectivity index (χ0v) is 15.0. The van der Waals surface area contributed by atoms with Crippen LogP contribution in [0.25, 0.3) is 0 Å². The number of carbonyl (C=O) groups is 2. The van der Waals surface area contributed by atoms with E-state index in [0.717, 1.165) is 5.69 Å². The molecule has 0 aliphatic rings. The third-order valence-electron chi connectivity index (χ3n) is 3.68. The van der Waals surface area contributed by atoms with Gasteiger partial charge in [-0.1, -0.05) is 17.7 Å². The van der Waals surface area contributed by atoms with Gasteiger partial charge in [0.15, 0.2) is 11.5 Å². The van der Waals surface area contributed by atoms with Gasteiger partial charge in [0.1, 0.15) is 0 Å². The molecule has 27 heavy (non-hydrogen) atoms. The molecule has 7 heteroatoms. The molecule has 0 saturated heterocycles. The van der Waals surface area contributed by atoms with Gasteiger partial charge >= 0.3 is 0 Å². The van der Waals surface area contributed by atoms with Crippen molar-refractivity contribution in [1.29, 1.82) is 0 Å². The van der Waals surface area contributed by atoms with Crippen molar-refractivity contribution in [2.45, 2.75) is 13.8 Å². The molecule has 0 aliphatic carbocycles. The topological polar surface area (TPSA) is 96.0 Å². The van der Waals surface area contributed by atoms with Crippen LogP contribution in [0.2, 0.25) is 0 Å². The molecule has 2 aromatic carbocycles. The fourth-order valence-corrected chi connectivity index (χ4v) is 2.34. The highest BCUT2D eigenvalue weighted by molar-refractivity contribution is 6.03. The van der Waals surface area contributed by atoms with Crippen molar-refractivity contribution < 1.29 is 9.59 Å².